The van der Waals surface area contributed by atoms with E-state index in [0.29, 0.717) is 71.6 Å². The molecule has 0 saturated carbocycles. The van der Waals surface area contributed by atoms with Crippen molar-refractivity contribution in [3.8, 4) is 0 Å². The highest BCUT2D eigenvalue weighted by atomic mass is 16.5. The van der Waals surface area contributed by atoms with E-state index in [1.807, 2.05) is 43.3 Å². The summed E-state index contributed by atoms with van der Waals surface area (Å²) in [6.45, 7) is 31.7. The summed E-state index contributed by atoms with van der Waals surface area (Å²) in [5.74, 6) is -0.921. The maximum atomic E-state index is 14.7. The zero-order chi connectivity index (χ0) is 56.2. The van der Waals surface area contributed by atoms with Crippen LogP contribution in [0.3, 0.4) is 0 Å². The van der Waals surface area contributed by atoms with Crippen LogP contribution in [-0.2, 0) is 47.5 Å². The average Bonchev–Trinajstić information content (AvgIpc) is 4.20. The van der Waals surface area contributed by atoms with Crippen molar-refractivity contribution >= 4 is 69.0 Å². The Kier molecular flexibility index (Phi) is 17.4. The van der Waals surface area contributed by atoms with Gasteiger partial charge in [0.25, 0.3) is 12.4 Å². The largest absolute Gasteiger partial charge is 0.469 e. The van der Waals surface area contributed by atoms with Crippen LogP contribution >= 0.6 is 0 Å². The number of carbonyl (C=O) groups excluding carboxylic acids is 4. The monoisotopic (exact) mass is 1050 g/mol. The summed E-state index contributed by atoms with van der Waals surface area (Å²) in [7, 11) is 1.36. The molecule has 5 heterocycles. The second kappa shape index (κ2) is 23.8. The molecule has 3 aliphatic rings. The number of fused-ring (bicyclic) bond motifs is 9. The highest BCUT2D eigenvalue weighted by molar-refractivity contribution is 6.27. The van der Waals surface area contributed by atoms with Crippen molar-refractivity contribution in [1.82, 2.24) is 25.3 Å². The van der Waals surface area contributed by atoms with Gasteiger partial charge in [0, 0.05) is 69.3 Å². The predicted octanol–water partition coefficient (Wildman–Crippen LogP) is 14.7. The number of aromatic amines is 2. The number of methoxy groups -OCH3 is 1. The highest BCUT2D eigenvalue weighted by Gasteiger charge is 2.38. The summed E-state index contributed by atoms with van der Waals surface area (Å²) in [4.78, 5) is 70.7. The van der Waals surface area contributed by atoms with Crippen molar-refractivity contribution in [3.63, 3.8) is 0 Å². The molecule has 11 heteroatoms. The fraction of sp³-hybridized carbons (Fsp3) is 0.433. The minimum Gasteiger partial charge on any atom is -0.469 e. The number of ketones is 1. The summed E-state index contributed by atoms with van der Waals surface area (Å²) >= 11 is 0. The third-order valence-corrected chi connectivity index (χ3v) is 17.3. The standard InChI is InChI=1S/C67H81N5O6/c1-14-47-41(5)54-35-56-43(7)49(22-21-31-78-38-73)63(71-56)51(34-61(75)77-13)64-62(44(8)57(72-64)37-59-48(15-2)42(6)55(70-59)36-58(47)69-54)65(76)68-30-20-18-16-17-19-23-60(74)46-26-24-45(25-27-46)40(4)50-33-53-52(32-39(50)3)66(9,10)28-29-67(53,11)12/h14,24-27,32-33,35-38,43,49,69-70H,1,4,15-23,28-31,34H2,2-3,5-13H3,(H,68,76)/t43-,49-/m0/s1. The fourth-order valence-corrected chi connectivity index (χ4v) is 12.2. The van der Waals surface area contributed by atoms with E-state index in [2.05, 4.69) is 115 Å². The first-order valence-electron chi connectivity index (χ1n) is 28.2. The van der Waals surface area contributed by atoms with Gasteiger partial charge in [-0.15, -0.1) is 0 Å². The molecule has 0 unspecified atom stereocenters. The molecule has 0 fully saturated rings. The quantitative estimate of drug-likeness (QED) is 0.0284. The zero-order valence-electron chi connectivity index (χ0n) is 48.2. The first-order chi connectivity index (χ1) is 37.2. The molecule has 8 rings (SSSR count). The molecule has 2 atom stereocenters. The highest BCUT2D eigenvalue weighted by Crippen LogP contribution is 2.48. The van der Waals surface area contributed by atoms with E-state index in [1.54, 1.807) is 0 Å². The van der Waals surface area contributed by atoms with Crippen LogP contribution < -0.4 is 5.32 Å². The summed E-state index contributed by atoms with van der Waals surface area (Å²) in [5.41, 5.74) is 20.2. The minimum absolute atomic E-state index is 0.104. The van der Waals surface area contributed by atoms with Gasteiger partial charge in [0.1, 0.15) is 0 Å². The second-order valence-corrected chi connectivity index (χ2v) is 23.3. The van der Waals surface area contributed by atoms with Crippen molar-refractivity contribution in [1.29, 1.82) is 0 Å². The van der Waals surface area contributed by atoms with E-state index in [0.717, 1.165) is 106 Å². The molecule has 0 radical (unpaired) electrons. The number of rotatable bonds is 21. The molecular weight excluding hydrogens is 971 g/mol. The van der Waals surface area contributed by atoms with Crippen LogP contribution in [0, 0.1) is 20.8 Å². The molecular formula is C67H81N5O6. The molecule has 78 heavy (non-hydrogen) atoms. The van der Waals surface area contributed by atoms with Crippen LogP contribution in [0.4, 0.5) is 0 Å². The zero-order valence-corrected chi connectivity index (χ0v) is 48.2. The SMILES string of the molecule is C=Cc1c(C)c2cc3nc(c(CC(=O)OC)c4nc(cc5[nH]c(cc1[nH]2)c(C)c5CC)C(C)=C4C(=O)NCCCCCCCC(=O)c1ccc(C(=C)c2cc4c(cc2C)C(C)(C)CCC4(C)C)cc1)[C@@H](CCCOC=O)[C@@H]3C. The number of H-pyrrole nitrogens is 2. The van der Waals surface area contributed by atoms with E-state index in [4.69, 9.17) is 19.4 Å². The van der Waals surface area contributed by atoms with Gasteiger partial charge in [-0.2, -0.15) is 0 Å². The number of aryl methyl sites for hydroxylation is 4. The smallest absolute Gasteiger partial charge is 0.310 e. The Bertz CT molecular complexity index is 3380. The normalized spacial score (nSPS) is 16.3. The minimum atomic E-state index is -0.479. The lowest BCUT2D eigenvalue weighted by atomic mass is 9.62. The third kappa shape index (κ3) is 11.7. The van der Waals surface area contributed by atoms with Gasteiger partial charge in [0.2, 0.25) is 0 Å². The van der Waals surface area contributed by atoms with Crippen molar-refractivity contribution in [3.05, 3.63) is 152 Å². The summed E-state index contributed by atoms with van der Waals surface area (Å²) in [5, 5.41) is 3.21. The Labute approximate surface area is 461 Å². The van der Waals surface area contributed by atoms with Gasteiger partial charge in [0.15, 0.2) is 5.78 Å². The van der Waals surface area contributed by atoms with Crippen LogP contribution in [0.2, 0.25) is 0 Å². The molecule has 2 aliphatic heterocycles. The Balaban J connectivity index is 0.992. The molecule has 11 nitrogen and oxygen atoms in total. The van der Waals surface area contributed by atoms with Crippen LogP contribution in [0.5, 0.6) is 0 Å². The predicted molar refractivity (Wildman–Crippen MR) is 317 cm³/mol. The number of hydrogen-bond acceptors (Lipinski definition) is 8. The molecule has 0 saturated heterocycles. The van der Waals surface area contributed by atoms with E-state index in [9.17, 15) is 19.2 Å². The number of ether oxygens (including phenoxy) is 2. The number of carbonyl (C=O) groups is 4. The fourth-order valence-electron chi connectivity index (χ4n) is 12.2. The van der Waals surface area contributed by atoms with Gasteiger partial charge in [-0.3, -0.25) is 24.2 Å². The second-order valence-electron chi connectivity index (χ2n) is 23.3. The van der Waals surface area contributed by atoms with Gasteiger partial charge in [-0.05, 0) is 157 Å². The number of Topliss-reactive ketones (excluding diaryl/α,β-unsaturated/α-hetero) is 1. The molecule has 8 bridgehead atoms. The van der Waals surface area contributed by atoms with Crippen molar-refractivity contribution in [2.24, 2.45) is 0 Å². The van der Waals surface area contributed by atoms with Crippen LogP contribution in [0.1, 0.15) is 213 Å². The van der Waals surface area contributed by atoms with Gasteiger partial charge in [-0.25, -0.2) is 4.98 Å². The molecule has 3 aromatic heterocycles. The van der Waals surface area contributed by atoms with Crippen LogP contribution in [0.15, 0.2) is 67.8 Å². The number of aromatic nitrogens is 4. The van der Waals surface area contributed by atoms with E-state index < -0.39 is 5.97 Å². The Morgan fingerprint density at radius 1 is 0.795 bits per heavy atom. The van der Waals surface area contributed by atoms with Crippen LogP contribution in [-0.4, -0.2) is 64.3 Å². The number of unbranched alkanes of at least 4 members (excludes halogenated alkanes) is 4. The maximum absolute atomic E-state index is 14.7. The summed E-state index contributed by atoms with van der Waals surface area (Å²) in [6.07, 6.45) is 10.7. The van der Waals surface area contributed by atoms with E-state index in [-0.39, 0.29) is 47.4 Å². The lowest BCUT2D eigenvalue weighted by Gasteiger charge is -2.42. The van der Waals surface area contributed by atoms with Gasteiger partial charge < -0.3 is 24.8 Å². The Morgan fingerprint density at radius 2 is 1.45 bits per heavy atom. The number of benzene rings is 2. The number of nitrogens with zero attached hydrogens (tertiary/aromatic N) is 2. The number of nitrogens with one attached hydrogen (secondary N) is 3. The number of amides is 1. The summed E-state index contributed by atoms with van der Waals surface area (Å²) < 4.78 is 10.4. The van der Waals surface area contributed by atoms with Crippen molar-refractivity contribution in [2.75, 3.05) is 20.3 Å². The van der Waals surface area contributed by atoms with E-state index >= 15 is 0 Å². The lowest BCUT2D eigenvalue weighted by molar-refractivity contribution is -0.139. The van der Waals surface area contributed by atoms with Gasteiger partial charge in [0.05, 0.1) is 42.8 Å². The first-order valence-corrected chi connectivity index (χ1v) is 28.2. The third-order valence-electron chi connectivity index (χ3n) is 17.3. The molecule has 2 aromatic carbocycles. The van der Waals surface area contributed by atoms with Crippen molar-refractivity contribution < 1.29 is 28.7 Å². The average molecular weight is 1050 g/mol. The van der Waals surface area contributed by atoms with Crippen molar-refractivity contribution in [2.45, 2.75) is 169 Å². The Hall–Kier alpha value is -7.14. The van der Waals surface area contributed by atoms with Gasteiger partial charge in [-0.1, -0.05) is 116 Å². The molecule has 1 aliphatic carbocycles. The number of allylic oxidation sites excluding steroid dienone is 1. The molecule has 0 spiro atoms. The molecule has 410 valence electrons. The Morgan fingerprint density at radius 3 is 2.13 bits per heavy atom. The first kappa shape index (κ1) is 57.0. The molecule has 3 N–H and O–H groups in total. The number of hydrogen-bond donors (Lipinski definition) is 3. The molecule has 1 amide bonds. The topological polar surface area (TPSA) is 156 Å². The van der Waals surface area contributed by atoms with Crippen LogP contribution in [0.25, 0.3) is 44.9 Å². The summed E-state index contributed by atoms with van der Waals surface area (Å²) in [6, 6.07) is 18.9. The molecule has 5 aromatic rings. The van der Waals surface area contributed by atoms with E-state index in [1.165, 1.54) is 35.8 Å². The maximum Gasteiger partial charge on any atom is 0.310 e. The van der Waals surface area contributed by atoms with Gasteiger partial charge >= 0.3 is 5.97 Å². The lowest BCUT2D eigenvalue weighted by Crippen LogP contribution is -2.34. The number of esters is 1.